The van der Waals surface area contributed by atoms with Gasteiger partial charge in [0, 0.05) is 24.9 Å². The summed E-state index contributed by atoms with van der Waals surface area (Å²) in [7, 11) is 1.85. The van der Waals surface area contributed by atoms with E-state index in [1.165, 1.54) is 0 Å². The Balaban J connectivity index is 1.91. The fraction of sp³-hybridized carbons (Fsp3) is 0.133. The summed E-state index contributed by atoms with van der Waals surface area (Å²) in [6.07, 6.45) is 1.62. The number of rotatable bonds is 2. The van der Waals surface area contributed by atoms with Gasteiger partial charge in [0.15, 0.2) is 5.58 Å². The molecule has 96 valence electrons. The standard InChI is InChI=1S/C15H14N2O2/c1-10-4-3-5-11(8-10)16-15(18)13-9-14-12(17(13)2)6-7-19-14/h3-9H,1-2H3,(H,16,18). The molecule has 19 heavy (non-hydrogen) atoms. The Bertz CT molecular complexity index is 752. The summed E-state index contributed by atoms with van der Waals surface area (Å²) in [5, 5.41) is 2.89. The molecule has 3 aromatic rings. The van der Waals surface area contributed by atoms with Gasteiger partial charge >= 0.3 is 0 Å². The van der Waals surface area contributed by atoms with E-state index in [9.17, 15) is 4.79 Å². The van der Waals surface area contributed by atoms with Gasteiger partial charge in [0.25, 0.3) is 5.91 Å². The van der Waals surface area contributed by atoms with Crippen molar-refractivity contribution in [2.75, 3.05) is 5.32 Å². The Labute approximate surface area is 110 Å². The Hall–Kier alpha value is -2.49. The second-order valence-corrected chi connectivity index (χ2v) is 4.58. The molecular weight excluding hydrogens is 240 g/mol. The summed E-state index contributed by atoms with van der Waals surface area (Å²) in [5.74, 6) is -0.139. The molecule has 0 radical (unpaired) electrons. The topological polar surface area (TPSA) is 47.2 Å². The number of aromatic nitrogens is 1. The zero-order valence-corrected chi connectivity index (χ0v) is 10.8. The molecule has 0 unspecified atom stereocenters. The second-order valence-electron chi connectivity index (χ2n) is 4.58. The molecule has 1 amide bonds. The minimum atomic E-state index is -0.139. The van der Waals surface area contributed by atoms with Crippen LogP contribution in [-0.4, -0.2) is 10.5 Å². The lowest BCUT2D eigenvalue weighted by molar-refractivity contribution is 0.101. The third-order valence-corrected chi connectivity index (χ3v) is 3.17. The lowest BCUT2D eigenvalue weighted by Crippen LogP contribution is -2.15. The summed E-state index contributed by atoms with van der Waals surface area (Å²) in [5.41, 5.74) is 4.11. The fourth-order valence-corrected chi connectivity index (χ4v) is 2.19. The first-order valence-electron chi connectivity index (χ1n) is 6.06. The van der Waals surface area contributed by atoms with Crippen molar-refractivity contribution in [1.29, 1.82) is 0 Å². The van der Waals surface area contributed by atoms with Crippen molar-refractivity contribution >= 4 is 22.7 Å². The van der Waals surface area contributed by atoms with E-state index in [2.05, 4.69) is 5.32 Å². The molecule has 1 N–H and O–H groups in total. The van der Waals surface area contributed by atoms with Crippen LogP contribution in [-0.2, 0) is 7.05 Å². The monoisotopic (exact) mass is 254 g/mol. The Morgan fingerprint density at radius 1 is 1.26 bits per heavy atom. The molecule has 0 fully saturated rings. The van der Waals surface area contributed by atoms with Crippen molar-refractivity contribution in [3.05, 3.63) is 53.9 Å². The van der Waals surface area contributed by atoms with Crippen molar-refractivity contribution in [1.82, 2.24) is 4.57 Å². The van der Waals surface area contributed by atoms with Gasteiger partial charge in [0.05, 0.1) is 11.8 Å². The maximum absolute atomic E-state index is 12.2. The highest BCUT2D eigenvalue weighted by Crippen LogP contribution is 2.20. The Morgan fingerprint density at radius 2 is 2.11 bits per heavy atom. The minimum absolute atomic E-state index is 0.139. The molecule has 1 aromatic carbocycles. The first kappa shape index (κ1) is 11.6. The maximum Gasteiger partial charge on any atom is 0.272 e. The highest BCUT2D eigenvalue weighted by Gasteiger charge is 2.15. The van der Waals surface area contributed by atoms with Crippen molar-refractivity contribution < 1.29 is 9.21 Å². The molecule has 0 bridgehead atoms. The summed E-state index contributed by atoms with van der Waals surface area (Å²) in [6, 6.07) is 11.3. The fourth-order valence-electron chi connectivity index (χ4n) is 2.19. The van der Waals surface area contributed by atoms with E-state index in [0.29, 0.717) is 5.69 Å². The van der Waals surface area contributed by atoms with Crippen molar-refractivity contribution in [3.63, 3.8) is 0 Å². The first-order valence-corrected chi connectivity index (χ1v) is 6.06. The van der Waals surface area contributed by atoms with Crippen LogP contribution in [0.5, 0.6) is 0 Å². The molecule has 4 heteroatoms. The largest absolute Gasteiger partial charge is 0.463 e. The molecule has 2 aromatic heterocycles. The van der Waals surface area contributed by atoms with E-state index in [4.69, 9.17) is 4.42 Å². The predicted molar refractivity (Wildman–Crippen MR) is 74.3 cm³/mol. The highest BCUT2D eigenvalue weighted by molar-refractivity contribution is 6.05. The third-order valence-electron chi connectivity index (χ3n) is 3.17. The first-order chi connectivity index (χ1) is 9.15. The van der Waals surface area contributed by atoms with Crippen LogP contribution in [0.15, 0.2) is 47.1 Å². The zero-order chi connectivity index (χ0) is 13.4. The number of carbonyl (C=O) groups excluding carboxylic acids is 1. The molecule has 0 aliphatic heterocycles. The molecule has 0 saturated heterocycles. The van der Waals surface area contributed by atoms with Crippen molar-refractivity contribution in [3.8, 4) is 0 Å². The van der Waals surface area contributed by atoms with Gasteiger partial charge in [0.1, 0.15) is 5.69 Å². The van der Waals surface area contributed by atoms with Gasteiger partial charge in [-0.15, -0.1) is 0 Å². The van der Waals surface area contributed by atoms with E-state index >= 15 is 0 Å². The van der Waals surface area contributed by atoms with Crippen molar-refractivity contribution in [2.24, 2.45) is 7.05 Å². The number of aryl methyl sites for hydroxylation is 2. The molecule has 0 spiro atoms. The molecule has 2 heterocycles. The van der Waals surface area contributed by atoms with Crippen LogP contribution in [0.2, 0.25) is 0 Å². The van der Waals surface area contributed by atoms with E-state index in [1.807, 2.05) is 48.9 Å². The molecule has 0 aliphatic carbocycles. The highest BCUT2D eigenvalue weighted by atomic mass is 16.3. The van der Waals surface area contributed by atoms with Gasteiger partial charge in [-0.3, -0.25) is 4.79 Å². The van der Waals surface area contributed by atoms with Gasteiger partial charge in [-0.2, -0.15) is 0 Å². The van der Waals surface area contributed by atoms with E-state index < -0.39 is 0 Å². The van der Waals surface area contributed by atoms with Gasteiger partial charge in [-0.25, -0.2) is 0 Å². The number of benzene rings is 1. The summed E-state index contributed by atoms with van der Waals surface area (Å²) < 4.78 is 7.12. The van der Waals surface area contributed by atoms with E-state index in [0.717, 1.165) is 22.4 Å². The molecule has 4 nitrogen and oxygen atoms in total. The summed E-state index contributed by atoms with van der Waals surface area (Å²) in [4.78, 5) is 12.2. The molecular formula is C15H14N2O2. The lowest BCUT2D eigenvalue weighted by Gasteiger charge is -2.06. The van der Waals surface area contributed by atoms with Gasteiger partial charge in [-0.1, -0.05) is 12.1 Å². The van der Waals surface area contributed by atoms with Gasteiger partial charge in [0.2, 0.25) is 0 Å². The molecule has 3 rings (SSSR count). The smallest absolute Gasteiger partial charge is 0.272 e. The molecule has 0 saturated carbocycles. The number of furan rings is 1. The molecule has 0 atom stereocenters. The number of nitrogens with zero attached hydrogens (tertiary/aromatic N) is 1. The van der Waals surface area contributed by atoms with Crippen molar-refractivity contribution in [2.45, 2.75) is 6.92 Å². The van der Waals surface area contributed by atoms with Crippen LogP contribution >= 0.6 is 0 Å². The number of hydrogen-bond acceptors (Lipinski definition) is 2. The second kappa shape index (κ2) is 4.31. The quantitative estimate of drug-likeness (QED) is 0.762. The van der Waals surface area contributed by atoms with Gasteiger partial charge < -0.3 is 14.3 Å². The van der Waals surface area contributed by atoms with Crippen LogP contribution in [0.3, 0.4) is 0 Å². The van der Waals surface area contributed by atoms with E-state index in [-0.39, 0.29) is 5.91 Å². The predicted octanol–water partition coefficient (Wildman–Crippen LogP) is 3.33. The SMILES string of the molecule is Cc1cccc(NC(=O)c2cc3occc3n2C)c1. The summed E-state index contributed by atoms with van der Waals surface area (Å²) in [6.45, 7) is 1.99. The summed E-state index contributed by atoms with van der Waals surface area (Å²) >= 11 is 0. The maximum atomic E-state index is 12.2. The normalized spacial score (nSPS) is 10.8. The van der Waals surface area contributed by atoms with Crippen LogP contribution in [0, 0.1) is 6.92 Å². The van der Waals surface area contributed by atoms with E-state index in [1.54, 1.807) is 12.3 Å². The average molecular weight is 254 g/mol. The minimum Gasteiger partial charge on any atom is -0.463 e. The van der Waals surface area contributed by atoms with Crippen LogP contribution in [0.25, 0.3) is 11.1 Å². The van der Waals surface area contributed by atoms with Gasteiger partial charge in [-0.05, 0) is 24.6 Å². The number of nitrogens with one attached hydrogen (secondary N) is 1. The zero-order valence-electron chi connectivity index (χ0n) is 10.8. The number of fused-ring (bicyclic) bond motifs is 1. The number of amides is 1. The average Bonchev–Trinajstić information content (AvgIpc) is 2.93. The van der Waals surface area contributed by atoms with Crippen LogP contribution in [0.4, 0.5) is 5.69 Å². The number of anilines is 1. The Kier molecular flexibility index (Phi) is 2.63. The molecule has 0 aliphatic rings. The number of carbonyl (C=O) groups is 1. The number of hydrogen-bond donors (Lipinski definition) is 1. The lowest BCUT2D eigenvalue weighted by atomic mass is 10.2. The third kappa shape index (κ3) is 2.01. The van der Waals surface area contributed by atoms with Crippen LogP contribution < -0.4 is 5.32 Å². The Morgan fingerprint density at radius 3 is 2.84 bits per heavy atom. The van der Waals surface area contributed by atoms with Crippen LogP contribution in [0.1, 0.15) is 16.1 Å².